The average Bonchev–Trinajstić information content (AvgIpc) is 2.64. The summed E-state index contributed by atoms with van der Waals surface area (Å²) in [6, 6.07) is 7.81. The van der Waals surface area contributed by atoms with Crippen LogP contribution in [-0.2, 0) is 20.6 Å². The summed E-state index contributed by atoms with van der Waals surface area (Å²) in [7, 11) is -4.04. The Morgan fingerprint density at radius 2 is 1.97 bits per heavy atom. The fourth-order valence-corrected chi connectivity index (χ4v) is 4.63. The smallest absolute Gasteiger partial charge is 0.237 e. The highest BCUT2D eigenvalue weighted by molar-refractivity contribution is 7.91. The molecule has 1 aliphatic heterocycles. The van der Waals surface area contributed by atoms with Crippen molar-refractivity contribution in [2.45, 2.75) is 31.9 Å². The van der Waals surface area contributed by atoms with E-state index in [-0.39, 0.29) is 40.7 Å². The number of benzene rings is 2. The molecule has 3 rings (SSSR count). The molecule has 152 valence electrons. The molecule has 1 unspecified atom stereocenters. The van der Waals surface area contributed by atoms with Crippen LogP contribution in [0, 0.1) is 23.0 Å². The van der Waals surface area contributed by atoms with Crippen LogP contribution in [0.5, 0.6) is 0 Å². The fraction of sp³-hybridized carbons (Fsp3) is 0.300. The third kappa shape index (κ3) is 4.22. The number of rotatable bonds is 5. The van der Waals surface area contributed by atoms with Gasteiger partial charge < -0.3 is 4.90 Å². The number of fused-ring (bicyclic) bond motifs is 1. The molecule has 1 atom stereocenters. The average molecular weight is 419 g/mol. The second-order valence-corrected chi connectivity index (χ2v) is 8.64. The van der Waals surface area contributed by atoms with Crippen molar-refractivity contribution in [1.82, 2.24) is 0 Å². The molecule has 0 saturated heterocycles. The van der Waals surface area contributed by atoms with Crippen molar-refractivity contribution in [2.75, 3.05) is 16.2 Å². The topological polar surface area (TPSA) is 90.3 Å². The number of hydrogen-bond donors (Lipinski definition) is 1. The molecule has 1 amide bonds. The van der Waals surface area contributed by atoms with E-state index in [1.165, 1.54) is 23.1 Å². The number of nitrogens with zero attached hydrogens (tertiary/aromatic N) is 2. The molecule has 1 aliphatic rings. The molecule has 2 aromatic carbocycles. The molecule has 0 radical (unpaired) electrons. The van der Waals surface area contributed by atoms with E-state index in [2.05, 4.69) is 4.72 Å². The first-order valence-corrected chi connectivity index (χ1v) is 10.6. The number of sulfonamides is 1. The molecule has 29 heavy (non-hydrogen) atoms. The molecular weight excluding hydrogens is 400 g/mol. The van der Waals surface area contributed by atoms with E-state index in [0.29, 0.717) is 12.1 Å². The number of hydrogen-bond acceptors (Lipinski definition) is 4. The summed E-state index contributed by atoms with van der Waals surface area (Å²) in [5.41, 5.74) is 0.682. The van der Waals surface area contributed by atoms with Crippen LogP contribution in [-0.4, -0.2) is 20.9 Å². The van der Waals surface area contributed by atoms with Gasteiger partial charge in [-0.25, -0.2) is 17.2 Å². The number of nitrogens with one attached hydrogen (secondary N) is 1. The van der Waals surface area contributed by atoms with Crippen LogP contribution in [0.15, 0.2) is 30.3 Å². The van der Waals surface area contributed by atoms with Crippen molar-refractivity contribution in [3.05, 3.63) is 58.7 Å². The van der Waals surface area contributed by atoms with Crippen LogP contribution in [0.4, 0.5) is 20.2 Å². The molecule has 0 bridgehead atoms. The van der Waals surface area contributed by atoms with Gasteiger partial charge in [-0.15, -0.1) is 0 Å². The third-order valence-corrected chi connectivity index (χ3v) is 6.03. The predicted molar refractivity (Wildman–Crippen MR) is 105 cm³/mol. The van der Waals surface area contributed by atoms with Crippen molar-refractivity contribution < 1.29 is 22.0 Å². The molecule has 0 spiro atoms. The zero-order valence-corrected chi connectivity index (χ0v) is 16.7. The van der Waals surface area contributed by atoms with Gasteiger partial charge in [0.15, 0.2) is 0 Å². The number of carbonyl (C=O) groups excluding carboxylic acids is 1. The second kappa shape index (κ2) is 7.79. The summed E-state index contributed by atoms with van der Waals surface area (Å²) in [6.07, 6.45) is 0.201. The third-order valence-electron chi connectivity index (χ3n) is 4.79. The van der Waals surface area contributed by atoms with Crippen LogP contribution >= 0.6 is 0 Å². The first kappa shape index (κ1) is 20.7. The maximum absolute atomic E-state index is 14.7. The molecule has 2 aromatic rings. The Morgan fingerprint density at radius 3 is 2.59 bits per heavy atom. The number of amides is 1. The van der Waals surface area contributed by atoms with Gasteiger partial charge in [-0.2, -0.15) is 5.26 Å². The summed E-state index contributed by atoms with van der Waals surface area (Å²) >= 11 is 0. The van der Waals surface area contributed by atoms with Crippen molar-refractivity contribution in [3.63, 3.8) is 0 Å². The summed E-state index contributed by atoms with van der Waals surface area (Å²) in [4.78, 5) is 13.5. The molecule has 6 nitrogen and oxygen atoms in total. The first-order chi connectivity index (χ1) is 13.6. The van der Waals surface area contributed by atoms with E-state index in [0.717, 1.165) is 12.1 Å². The van der Waals surface area contributed by atoms with E-state index in [1.807, 2.05) is 0 Å². The van der Waals surface area contributed by atoms with Crippen LogP contribution in [0.2, 0.25) is 0 Å². The maximum Gasteiger partial charge on any atom is 0.237 e. The van der Waals surface area contributed by atoms with Crippen molar-refractivity contribution >= 4 is 27.3 Å². The van der Waals surface area contributed by atoms with Gasteiger partial charge in [-0.05, 0) is 36.6 Å². The van der Waals surface area contributed by atoms with E-state index in [4.69, 9.17) is 5.26 Å². The summed E-state index contributed by atoms with van der Waals surface area (Å²) in [5, 5.41) is 8.77. The first-order valence-electron chi connectivity index (χ1n) is 8.98. The zero-order valence-electron chi connectivity index (χ0n) is 15.9. The largest absolute Gasteiger partial charge is 0.310 e. The van der Waals surface area contributed by atoms with Crippen LogP contribution < -0.4 is 9.62 Å². The van der Waals surface area contributed by atoms with E-state index in [9.17, 15) is 22.0 Å². The van der Waals surface area contributed by atoms with Crippen molar-refractivity contribution in [3.8, 4) is 6.07 Å². The van der Waals surface area contributed by atoms with Gasteiger partial charge in [-0.1, -0.05) is 13.0 Å². The van der Waals surface area contributed by atoms with Gasteiger partial charge in [-0.3, -0.25) is 9.52 Å². The minimum atomic E-state index is -4.04. The molecule has 9 heteroatoms. The lowest BCUT2D eigenvalue weighted by Crippen LogP contribution is -2.36. The lowest BCUT2D eigenvalue weighted by molar-refractivity contribution is -0.119. The lowest BCUT2D eigenvalue weighted by Gasteiger charge is -2.32. The van der Waals surface area contributed by atoms with Crippen molar-refractivity contribution in [1.29, 1.82) is 5.26 Å². The minimum Gasteiger partial charge on any atom is -0.310 e. The summed E-state index contributed by atoms with van der Waals surface area (Å²) in [5.74, 6) is -2.63. The predicted octanol–water partition coefficient (Wildman–Crippen LogP) is 3.64. The standard InChI is InChI=1S/C20H19F2N3O3S/c1-3-25-19(26)6-12(2)16-8-15(9-18(22)20(16)25)24-29(27,28)11-14-5-4-13(10-23)7-17(14)21/h4-5,7-9,12,24H,3,6,11H2,1-2H3. The van der Waals surface area contributed by atoms with Crippen LogP contribution in [0.3, 0.4) is 0 Å². The van der Waals surface area contributed by atoms with Gasteiger partial charge in [0.1, 0.15) is 11.6 Å². The minimum absolute atomic E-state index is 0.00700. The summed E-state index contributed by atoms with van der Waals surface area (Å²) in [6.45, 7) is 3.81. The maximum atomic E-state index is 14.7. The number of carbonyl (C=O) groups is 1. The van der Waals surface area contributed by atoms with E-state index < -0.39 is 27.4 Å². The van der Waals surface area contributed by atoms with Gasteiger partial charge in [0, 0.05) is 24.6 Å². The second-order valence-electron chi connectivity index (χ2n) is 6.92. The quantitative estimate of drug-likeness (QED) is 0.801. The number of anilines is 2. The Bertz CT molecular complexity index is 1130. The van der Waals surface area contributed by atoms with Gasteiger partial charge in [0.05, 0.1) is 28.8 Å². The molecular formula is C20H19F2N3O3S. The Hall–Kier alpha value is -2.99. The number of nitriles is 1. The molecule has 1 heterocycles. The fourth-order valence-electron chi connectivity index (χ4n) is 3.44. The summed E-state index contributed by atoms with van der Waals surface area (Å²) < 4.78 is 56.0. The SMILES string of the molecule is CCN1C(=O)CC(C)c2cc(NS(=O)(=O)Cc3ccc(C#N)cc3F)cc(F)c21. The Morgan fingerprint density at radius 1 is 1.24 bits per heavy atom. The van der Waals surface area contributed by atoms with Gasteiger partial charge in [0.25, 0.3) is 0 Å². The van der Waals surface area contributed by atoms with Gasteiger partial charge in [0.2, 0.25) is 15.9 Å². The molecule has 0 aromatic heterocycles. The highest BCUT2D eigenvalue weighted by Gasteiger charge is 2.31. The Labute approximate surface area is 167 Å². The molecule has 1 N–H and O–H groups in total. The Balaban J connectivity index is 1.90. The highest BCUT2D eigenvalue weighted by Crippen LogP contribution is 2.39. The number of halogens is 2. The normalized spacial score (nSPS) is 16.3. The van der Waals surface area contributed by atoms with Crippen molar-refractivity contribution in [2.24, 2.45) is 0 Å². The highest BCUT2D eigenvalue weighted by atomic mass is 32.2. The van der Waals surface area contributed by atoms with E-state index >= 15 is 0 Å². The van der Waals surface area contributed by atoms with Crippen LogP contribution in [0.1, 0.15) is 42.9 Å². The monoisotopic (exact) mass is 419 g/mol. The zero-order chi connectivity index (χ0) is 21.3. The molecule has 0 aliphatic carbocycles. The van der Waals surface area contributed by atoms with E-state index in [1.54, 1.807) is 19.9 Å². The Kier molecular flexibility index (Phi) is 5.57. The lowest BCUT2D eigenvalue weighted by atomic mass is 9.90. The molecule has 0 fully saturated rings. The molecule has 0 saturated carbocycles. The van der Waals surface area contributed by atoms with Crippen LogP contribution in [0.25, 0.3) is 0 Å². The van der Waals surface area contributed by atoms with Gasteiger partial charge >= 0.3 is 0 Å².